The zero-order valence-corrected chi connectivity index (χ0v) is 48.7. The molecule has 0 aliphatic carbocycles. The Morgan fingerprint density at radius 2 is 0.486 bits per heavy atom. The van der Waals surface area contributed by atoms with E-state index in [4.69, 9.17) is 14.2 Å². The van der Waals surface area contributed by atoms with Gasteiger partial charge in [-0.15, -0.1) is 0 Å². The molecule has 0 aromatic rings. The van der Waals surface area contributed by atoms with Crippen molar-refractivity contribution < 1.29 is 28.6 Å². The molecular formula is C66H124O6. The molecule has 0 bridgehead atoms. The highest BCUT2D eigenvalue weighted by Gasteiger charge is 2.19. The van der Waals surface area contributed by atoms with E-state index in [2.05, 4.69) is 45.1 Å². The predicted molar refractivity (Wildman–Crippen MR) is 312 cm³/mol. The van der Waals surface area contributed by atoms with E-state index in [-0.39, 0.29) is 31.1 Å². The van der Waals surface area contributed by atoms with Crippen LogP contribution in [0.25, 0.3) is 0 Å². The van der Waals surface area contributed by atoms with Crippen molar-refractivity contribution in [2.24, 2.45) is 0 Å². The molecule has 424 valence electrons. The van der Waals surface area contributed by atoms with Gasteiger partial charge in [-0.2, -0.15) is 0 Å². The Bertz CT molecular complexity index is 1160. The summed E-state index contributed by atoms with van der Waals surface area (Å²) in [5, 5.41) is 0. The predicted octanol–water partition coefficient (Wildman–Crippen LogP) is 21.8. The van der Waals surface area contributed by atoms with Crippen LogP contribution >= 0.6 is 0 Å². The van der Waals surface area contributed by atoms with E-state index in [1.807, 2.05) is 0 Å². The van der Waals surface area contributed by atoms with Crippen LogP contribution in [-0.4, -0.2) is 37.2 Å². The number of unbranched alkanes of at least 4 members (excludes halogenated alkanes) is 45. The van der Waals surface area contributed by atoms with Crippen molar-refractivity contribution in [1.82, 2.24) is 0 Å². The second-order valence-corrected chi connectivity index (χ2v) is 22.0. The number of hydrogen-bond donors (Lipinski definition) is 0. The highest BCUT2D eigenvalue weighted by molar-refractivity contribution is 5.71. The van der Waals surface area contributed by atoms with Gasteiger partial charge in [0.2, 0.25) is 0 Å². The minimum Gasteiger partial charge on any atom is -0.462 e. The summed E-state index contributed by atoms with van der Waals surface area (Å²) >= 11 is 0. The summed E-state index contributed by atoms with van der Waals surface area (Å²) in [6.07, 6.45) is 73.7. The fourth-order valence-electron chi connectivity index (χ4n) is 9.80. The molecule has 6 nitrogen and oxygen atoms in total. The van der Waals surface area contributed by atoms with Crippen molar-refractivity contribution in [2.45, 2.75) is 367 Å². The van der Waals surface area contributed by atoms with Crippen molar-refractivity contribution in [3.63, 3.8) is 0 Å². The summed E-state index contributed by atoms with van der Waals surface area (Å²) in [5.41, 5.74) is 0. The fourth-order valence-corrected chi connectivity index (χ4v) is 9.80. The number of allylic oxidation sites excluding steroid dienone is 4. The largest absolute Gasteiger partial charge is 0.462 e. The lowest BCUT2D eigenvalue weighted by molar-refractivity contribution is -0.167. The quantitative estimate of drug-likeness (QED) is 0.0261. The minimum absolute atomic E-state index is 0.0731. The highest BCUT2D eigenvalue weighted by atomic mass is 16.6. The lowest BCUT2D eigenvalue weighted by Gasteiger charge is -2.18. The van der Waals surface area contributed by atoms with Crippen molar-refractivity contribution in [3.8, 4) is 0 Å². The summed E-state index contributed by atoms with van der Waals surface area (Å²) in [6, 6.07) is 0. The molecule has 0 heterocycles. The van der Waals surface area contributed by atoms with Gasteiger partial charge in [0.15, 0.2) is 6.10 Å². The maximum atomic E-state index is 12.8. The normalized spacial score (nSPS) is 12.1. The van der Waals surface area contributed by atoms with Gasteiger partial charge in [0, 0.05) is 19.3 Å². The van der Waals surface area contributed by atoms with E-state index < -0.39 is 6.10 Å². The van der Waals surface area contributed by atoms with E-state index in [1.54, 1.807) is 0 Å². The Balaban J connectivity index is 4.01. The first-order valence-corrected chi connectivity index (χ1v) is 32.3. The molecule has 0 fully saturated rings. The first-order chi connectivity index (χ1) is 35.5. The molecule has 1 unspecified atom stereocenters. The first-order valence-electron chi connectivity index (χ1n) is 32.3. The summed E-state index contributed by atoms with van der Waals surface area (Å²) < 4.78 is 16.8. The third kappa shape index (κ3) is 58.8. The molecule has 0 aliphatic heterocycles. The van der Waals surface area contributed by atoms with Crippen molar-refractivity contribution in [2.75, 3.05) is 13.2 Å². The molecule has 0 amide bonds. The molecule has 0 aromatic heterocycles. The van der Waals surface area contributed by atoms with Crippen LogP contribution in [0.2, 0.25) is 0 Å². The molecule has 1 atom stereocenters. The second kappa shape index (κ2) is 61.4. The maximum Gasteiger partial charge on any atom is 0.306 e. The smallest absolute Gasteiger partial charge is 0.306 e. The third-order valence-electron chi connectivity index (χ3n) is 14.7. The second-order valence-electron chi connectivity index (χ2n) is 22.0. The van der Waals surface area contributed by atoms with Gasteiger partial charge in [-0.25, -0.2) is 0 Å². The van der Waals surface area contributed by atoms with Crippen molar-refractivity contribution >= 4 is 17.9 Å². The van der Waals surface area contributed by atoms with Crippen LogP contribution in [0.15, 0.2) is 24.3 Å². The molecule has 0 aliphatic rings. The average Bonchev–Trinajstić information content (AvgIpc) is 3.38. The highest BCUT2D eigenvalue weighted by Crippen LogP contribution is 2.18. The van der Waals surface area contributed by atoms with Gasteiger partial charge in [0.25, 0.3) is 0 Å². The standard InChI is InChI=1S/C66H124O6/c1-4-7-10-13-16-19-22-24-25-26-27-28-29-30-31-32-33-34-35-36-37-38-39-40-41-43-44-47-50-53-56-59-65(68)71-62-63(61-70-64(67)58-55-52-49-46-21-18-15-12-9-6-3)72-66(69)60-57-54-51-48-45-42-23-20-17-14-11-8-5-2/h12,15,20,23,63H,4-11,13-14,16-19,21-22,24-62H2,1-3H3/b15-12-,23-20-. The van der Waals surface area contributed by atoms with Crippen molar-refractivity contribution in [1.29, 1.82) is 0 Å². The van der Waals surface area contributed by atoms with Crippen LogP contribution in [0, 0.1) is 0 Å². The Labute approximate surface area is 449 Å². The first kappa shape index (κ1) is 69.9. The molecular weight excluding hydrogens is 889 g/mol. The van der Waals surface area contributed by atoms with E-state index in [0.29, 0.717) is 19.3 Å². The van der Waals surface area contributed by atoms with Crippen molar-refractivity contribution in [3.05, 3.63) is 24.3 Å². The molecule has 0 radical (unpaired) electrons. The fraction of sp³-hybridized carbons (Fsp3) is 0.894. The topological polar surface area (TPSA) is 78.9 Å². The molecule has 0 spiro atoms. The van der Waals surface area contributed by atoms with Gasteiger partial charge in [-0.3, -0.25) is 14.4 Å². The molecule has 6 heteroatoms. The van der Waals surface area contributed by atoms with Crippen LogP contribution in [0.1, 0.15) is 361 Å². The zero-order chi connectivity index (χ0) is 52.2. The molecule has 0 aromatic carbocycles. The Morgan fingerprint density at radius 1 is 0.264 bits per heavy atom. The Morgan fingerprint density at radius 3 is 0.764 bits per heavy atom. The van der Waals surface area contributed by atoms with Crippen LogP contribution in [0.4, 0.5) is 0 Å². The van der Waals surface area contributed by atoms with Crippen LogP contribution in [0.5, 0.6) is 0 Å². The van der Waals surface area contributed by atoms with Crippen LogP contribution in [-0.2, 0) is 28.6 Å². The average molecular weight is 1010 g/mol. The lowest BCUT2D eigenvalue weighted by Crippen LogP contribution is -2.30. The number of carbonyl (C=O) groups excluding carboxylic acids is 3. The van der Waals surface area contributed by atoms with Gasteiger partial charge in [0.05, 0.1) is 0 Å². The van der Waals surface area contributed by atoms with E-state index in [1.165, 1.54) is 244 Å². The molecule has 0 rings (SSSR count). The van der Waals surface area contributed by atoms with E-state index in [0.717, 1.165) is 77.0 Å². The zero-order valence-electron chi connectivity index (χ0n) is 48.7. The summed E-state index contributed by atoms with van der Waals surface area (Å²) in [6.45, 7) is 6.60. The molecule has 0 N–H and O–H groups in total. The Kier molecular flexibility index (Phi) is 59.6. The number of carbonyl (C=O) groups is 3. The monoisotopic (exact) mass is 1010 g/mol. The van der Waals surface area contributed by atoms with Gasteiger partial charge < -0.3 is 14.2 Å². The van der Waals surface area contributed by atoms with Gasteiger partial charge in [0.1, 0.15) is 13.2 Å². The number of rotatable bonds is 60. The Hall–Kier alpha value is -2.11. The van der Waals surface area contributed by atoms with Crippen LogP contribution in [0.3, 0.4) is 0 Å². The molecule has 0 saturated heterocycles. The molecule has 0 saturated carbocycles. The lowest BCUT2D eigenvalue weighted by atomic mass is 10.0. The van der Waals surface area contributed by atoms with E-state index >= 15 is 0 Å². The summed E-state index contributed by atoms with van der Waals surface area (Å²) in [7, 11) is 0. The number of ether oxygens (including phenoxy) is 3. The number of esters is 3. The minimum atomic E-state index is -0.775. The third-order valence-corrected chi connectivity index (χ3v) is 14.7. The van der Waals surface area contributed by atoms with Gasteiger partial charge in [-0.05, 0) is 64.2 Å². The van der Waals surface area contributed by atoms with E-state index in [9.17, 15) is 14.4 Å². The van der Waals surface area contributed by atoms with Gasteiger partial charge in [-0.1, -0.05) is 302 Å². The molecule has 72 heavy (non-hydrogen) atoms. The maximum absolute atomic E-state index is 12.8. The van der Waals surface area contributed by atoms with Crippen LogP contribution < -0.4 is 0 Å². The SMILES string of the molecule is CCC/C=C\CCCCCCCC(=O)OCC(COC(=O)CCCCCCCCCCCCCCCCCCCCCCCCCCCCCCCCC)OC(=O)CCCCCCC/C=C\CCCCCC. The summed E-state index contributed by atoms with van der Waals surface area (Å²) in [5.74, 6) is -0.874. The number of hydrogen-bond acceptors (Lipinski definition) is 6. The summed E-state index contributed by atoms with van der Waals surface area (Å²) in [4.78, 5) is 38.1. The van der Waals surface area contributed by atoms with Gasteiger partial charge >= 0.3 is 17.9 Å².